The summed E-state index contributed by atoms with van der Waals surface area (Å²) in [5, 5.41) is 87.0. The van der Waals surface area contributed by atoms with Gasteiger partial charge in [-0.3, -0.25) is 4.79 Å². The van der Waals surface area contributed by atoms with Gasteiger partial charge >= 0.3 is 0 Å². The van der Waals surface area contributed by atoms with Gasteiger partial charge in [0, 0.05) is 6.42 Å². The Kier molecular flexibility index (Phi) is 49.2. The topological polar surface area (TPSA) is 228 Å². The van der Waals surface area contributed by atoms with Crippen molar-refractivity contribution in [3.63, 3.8) is 0 Å². The van der Waals surface area contributed by atoms with Gasteiger partial charge in [-0.1, -0.05) is 289 Å². The zero-order valence-corrected chi connectivity index (χ0v) is 51.8. The number of unbranched alkanes of at least 4 members (excludes halogenated alkanes) is 41. The predicted molar refractivity (Wildman–Crippen MR) is 328 cm³/mol. The van der Waals surface area contributed by atoms with E-state index >= 15 is 0 Å². The highest BCUT2D eigenvalue weighted by molar-refractivity contribution is 5.76. The molecule has 81 heavy (non-hydrogen) atoms. The second-order valence-electron chi connectivity index (χ2n) is 24.3. The Morgan fingerprint density at radius 2 is 0.790 bits per heavy atom. The SMILES string of the molecule is CCCCCCCC/C=C/CC/C=C/C(O)C(COC1OC(CO)C(OC2OC(CO)C(O)C(O)C2O)C(O)C1O)NC(=O)CCCCCCCCCCCCCCCCCCCCCCCCCCCCCCCCCCCCC. The van der Waals surface area contributed by atoms with Crippen LogP contribution in [0.15, 0.2) is 24.3 Å². The zero-order chi connectivity index (χ0) is 58.8. The summed E-state index contributed by atoms with van der Waals surface area (Å²) in [6, 6.07) is -0.927. The van der Waals surface area contributed by atoms with Crippen molar-refractivity contribution >= 4 is 5.91 Å². The molecule has 0 aliphatic carbocycles. The van der Waals surface area contributed by atoms with Crippen molar-refractivity contribution in [1.29, 1.82) is 0 Å². The maximum absolute atomic E-state index is 13.3. The Bertz CT molecular complexity index is 1450. The Balaban J connectivity index is 1.57. The van der Waals surface area contributed by atoms with Gasteiger partial charge in [-0.25, -0.2) is 0 Å². The summed E-state index contributed by atoms with van der Waals surface area (Å²) in [5.41, 5.74) is 0. The molecule has 2 saturated heterocycles. The predicted octanol–water partition coefficient (Wildman–Crippen LogP) is 13.2. The molecule has 0 aromatic carbocycles. The third-order valence-electron chi connectivity index (χ3n) is 16.9. The highest BCUT2D eigenvalue weighted by atomic mass is 16.7. The Labute approximate surface area is 494 Å². The Morgan fingerprint density at radius 3 is 1.21 bits per heavy atom. The van der Waals surface area contributed by atoms with Gasteiger partial charge in [0.05, 0.1) is 32.0 Å². The molecule has 0 spiro atoms. The van der Waals surface area contributed by atoms with Crippen LogP contribution in [0, 0.1) is 0 Å². The van der Waals surface area contributed by atoms with Gasteiger partial charge in [0.1, 0.15) is 48.8 Å². The largest absolute Gasteiger partial charge is 0.394 e. The lowest BCUT2D eigenvalue weighted by atomic mass is 9.97. The second-order valence-corrected chi connectivity index (χ2v) is 24.3. The van der Waals surface area contributed by atoms with Crippen molar-refractivity contribution in [2.24, 2.45) is 0 Å². The van der Waals surface area contributed by atoms with Gasteiger partial charge in [-0.2, -0.15) is 0 Å². The molecule has 12 atom stereocenters. The molecule has 478 valence electrons. The number of carbonyl (C=O) groups is 1. The van der Waals surface area contributed by atoms with Gasteiger partial charge in [-0.05, 0) is 32.1 Å². The lowest BCUT2D eigenvalue weighted by Crippen LogP contribution is -2.65. The average Bonchev–Trinajstić information content (AvgIpc) is 3.48. The number of allylic oxidation sites excluding steroid dienone is 3. The molecule has 0 aromatic heterocycles. The van der Waals surface area contributed by atoms with Crippen LogP contribution in [-0.2, 0) is 23.7 Å². The molecular formula is C67H127NO13. The van der Waals surface area contributed by atoms with E-state index in [1.165, 1.54) is 238 Å². The second kappa shape index (κ2) is 52.8. The average molecular weight is 1150 g/mol. The van der Waals surface area contributed by atoms with Gasteiger partial charge in [-0.15, -0.1) is 0 Å². The first-order valence-electron chi connectivity index (χ1n) is 34.1. The van der Waals surface area contributed by atoms with Crippen molar-refractivity contribution in [1.82, 2.24) is 5.32 Å². The van der Waals surface area contributed by atoms with Crippen molar-refractivity contribution in [2.75, 3.05) is 19.8 Å². The molecule has 2 rings (SSSR count). The highest BCUT2D eigenvalue weighted by Gasteiger charge is 2.51. The standard InChI is InChI=1S/C67H127NO13/c1-3-5-7-9-11-13-15-17-18-19-20-21-22-23-24-25-26-27-28-29-30-31-32-33-34-35-36-37-38-39-41-43-45-47-49-51-59(72)68-55(56(71)50-48-46-44-42-40-16-14-12-10-8-6-4-2)54-78-66-64(77)62(75)65(58(53-70)80-66)81-67-63(76)61(74)60(73)57(52-69)79-67/h40,42,48,50,55-58,60-67,69-71,73-77H,3-39,41,43-47,49,51-54H2,1-2H3,(H,68,72)/b42-40+,50-48+. The van der Waals surface area contributed by atoms with Crippen LogP contribution in [0.4, 0.5) is 0 Å². The number of nitrogens with one attached hydrogen (secondary N) is 1. The lowest BCUT2D eigenvalue weighted by Gasteiger charge is -2.46. The van der Waals surface area contributed by atoms with Crippen LogP contribution < -0.4 is 5.32 Å². The minimum Gasteiger partial charge on any atom is -0.394 e. The van der Waals surface area contributed by atoms with E-state index in [-0.39, 0.29) is 18.9 Å². The number of carbonyl (C=O) groups excluding carboxylic acids is 1. The molecule has 14 nitrogen and oxygen atoms in total. The molecule has 2 aliphatic heterocycles. The van der Waals surface area contributed by atoms with Crippen LogP contribution in [0.5, 0.6) is 0 Å². The van der Waals surface area contributed by atoms with Crippen molar-refractivity contribution in [3.8, 4) is 0 Å². The zero-order valence-electron chi connectivity index (χ0n) is 51.8. The number of hydrogen-bond donors (Lipinski definition) is 9. The third-order valence-corrected chi connectivity index (χ3v) is 16.9. The molecule has 2 fully saturated rings. The summed E-state index contributed by atoms with van der Waals surface area (Å²) in [6.45, 7) is 2.79. The minimum absolute atomic E-state index is 0.244. The fraction of sp³-hybridized carbons (Fsp3) is 0.925. The fourth-order valence-electron chi connectivity index (χ4n) is 11.4. The maximum Gasteiger partial charge on any atom is 0.220 e. The summed E-state index contributed by atoms with van der Waals surface area (Å²) in [4.78, 5) is 13.3. The molecule has 0 bridgehead atoms. The van der Waals surface area contributed by atoms with E-state index in [9.17, 15) is 45.6 Å². The molecule has 1 amide bonds. The molecule has 0 saturated carbocycles. The molecule has 0 radical (unpaired) electrons. The smallest absolute Gasteiger partial charge is 0.220 e. The van der Waals surface area contributed by atoms with Crippen molar-refractivity contribution in [3.05, 3.63) is 24.3 Å². The van der Waals surface area contributed by atoms with Crippen molar-refractivity contribution < 1.29 is 64.6 Å². The highest BCUT2D eigenvalue weighted by Crippen LogP contribution is 2.30. The van der Waals surface area contributed by atoms with E-state index in [2.05, 4.69) is 31.3 Å². The van der Waals surface area contributed by atoms with E-state index in [4.69, 9.17) is 18.9 Å². The molecule has 2 aliphatic rings. The van der Waals surface area contributed by atoms with E-state index in [0.717, 1.165) is 32.1 Å². The first-order valence-corrected chi connectivity index (χ1v) is 34.1. The van der Waals surface area contributed by atoms with Crippen LogP contribution in [0.2, 0.25) is 0 Å². The Hall–Kier alpha value is -1.53. The van der Waals surface area contributed by atoms with Gasteiger partial charge in [0.15, 0.2) is 12.6 Å². The van der Waals surface area contributed by atoms with Crippen LogP contribution >= 0.6 is 0 Å². The Morgan fingerprint density at radius 1 is 0.432 bits per heavy atom. The number of amides is 1. The quantitative estimate of drug-likeness (QED) is 0.0204. The van der Waals surface area contributed by atoms with Gasteiger partial charge in [0.25, 0.3) is 0 Å². The normalized spacial score (nSPS) is 24.2. The minimum atomic E-state index is -1.79. The maximum atomic E-state index is 13.3. The molecule has 0 aromatic rings. The summed E-state index contributed by atoms with van der Waals surface area (Å²) in [5.74, 6) is -0.244. The fourth-order valence-corrected chi connectivity index (χ4v) is 11.4. The summed E-state index contributed by atoms with van der Waals surface area (Å²) in [6.07, 6.45) is 48.5. The lowest BCUT2D eigenvalue weighted by molar-refractivity contribution is -0.359. The van der Waals surface area contributed by atoms with E-state index in [1.54, 1.807) is 6.08 Å². The molecule has 9 N–H and O–H groups in total. The molecular weight excluding hydrogens is 1030 g/mol. The van der Waals surface area contributed by atoms with E-state index in [0.29, 0.717) is 12.8 Å². The van der Waals surface area contributed by atoms with Crippen LogP contribution in [-0.4, -0.2) is 140 Å². The number of rotatable bonds is 56. The summed E-state index contributed by atoms with van der Waals surface area (Å²) < 4.78 is 22.8. The first-order chi connectivity index (χ1) is 39.6. The first kappa shape index (κ1) is 75.6. The van der Waals surface area contributed by atoms with Gasteiger partial charge in [0.2, 0.25) is 5.91 Å². The monoisotopic (exact) mass is 1150 g/mol. The molecule has 12 unspecified atom stereocenters. The third kappa shape index (κ3) is 37.6. The number of aliphatic hydroxyl groups is 8. The number of hydrogen-bond acceptors (Lipinski definition) is 13. The summed E-state index contributed by atoms with van der Waals surface area (Å²) in [7, 11) is 0. The van der Waals surface area contributed by atoms with Crippen LogP contribution in [0.1, 0.15) is 303 Å². The molecule has 14 heteroatoms. The summed E-state index contributed by atoms with van der Waals surface area (Å²) >= 11 is 0. The van der Waals surface area contributed by atoms with Crippen LogP contribution in [0.3, 0.4) is 0 Å². The van der Waals surface area contributed by atoms with Crippen molar-refractivity contribution in [2.45, 2.75) is 376 Å². The van der Waals surface area contributed by atoms with Crippen LogP contribution in [0.25, 0.3) is 0 Å². The van der Waals surface area contributed by atoms with Gasteiger partial charge < -0.3 is 65.1 Å². The number of ether oxygens (including phenoxy) is 4. The van der Waals surface area contributed by atoms with E-state index < -0.39 is 86.8 Å². The van der Waals surface area contributed by atoms with E-state index in [1.807, 2.05) is 6.08 Å². The number of aliphatic hydroxyl groups excluding tert-OH is 8. The molecule has 2 heterocycles.